The van der Waals surface area contributed by atoms with Gasteiger partial charge in [0.1, 0.15) is 0 Å². The molecule has 1 aromatic rings. The summed E-state index contributed by atoms with van der Waals surface area (Å²) in [6.07, 6.45) is 4.58. The molecule has 1 aromatic heterocycles. The number of hydrogen-bond donors (Lipinski definition) is 0. The normalized spacial score (nSPS) is 30.2. The highest BCUT2D eigenvalue weighted by atomic mass is 15.3. The summed E-state index contributed by atoms with van der Waals surface area (Å²) < 4.78 is 0. The molecule has 0 atom stereocenters. The minimum Gasteiger partial charge on any atom is -0.302 e. The maximum atomic E-state index is 4.43. The van der Waals surface area contributed by atoms with Crippen LogP contribution in [0.15, 0.2) is 24.4 Å². The Bertz CT molecular complexity index is 330. The number of pyridine rings is 1. The fraction of sp³-hybridized carbons (Fsp3) is 0.615. The lowest BCUT2D eigenvalue weighted by Crippen LogP contribution is -2.37. The second-order valence-corrected chi connectivity index (χ2v) is 4.86. The number of aromatic nitrogens is 1. The van der Waals surface area contributed by atoms with Gasteiger partial charge in [-0.2, -0.15) is 0 Å². The van der Waals surface area contributed by atoms with E-state index in [1.54, 1.807) is 0 Å². The van der Waals surface area contributed by atoms with E-state index >= 15 is 0 Å². The van der Waals surface area contributed by atoms with Gasteiger partial charge >= 0.3 is 0 Å². The molecule has 16 heavy (non-hydrogen) atoms. The van der Waals surface area contributed by atoms with Gasteiger partial charge in [0.15, 0.2) is 0 Å². The smallest absolute Gasteiger partial charge is 0.0544 e. The number of nitrogens with zero attached hydrogens (tertiary/aromatic N) is 3. The zero-order valence-corrected chi connectivity index (χ0v) is 9.68. The molecule has 0 radical (unpaired) electrons. The third-order valence-corrected chi connectivity index (χ3v) is 3.87. The van der Waals surface area contributed by atoms with Crippen molar-refractivity contribution in [2.75, 3.05) is 26.2 Å². The zero-order chi connectivity index (χ0) is 10.8. The van der Waals surface area contributed by atoms with Gasteiger partial charge in [-0.05, 0) is 38.1 Å². The summed E-state index contributed by atoms with van der Waals surface area (Å²) in [4.78, 5) is 9.64. The Labute approximate surface area is 97.1 Å². The maximum absolute atomic E-state index is 4.43. The van der Waals surface area contributed by atoms with E-state index in [2.05, 4.69) is 26.9 Å². The van der Waals surface area contributed by atoms with E-state index in [1.807, 2.05) is 12.3 Å². The predicted octanol–water partition coefficient (Wildman–Crippen LogP) is 1.36. The molecule has 3 aliphatic rings. The van der Waals surface area contributed by atoms with Crippen LogP contribution in [0.2, 0.25) is 0 Å². The molecule has 0 unspecified atom stereocenters. The van der Waals surface area contributed by atoms with Crippen LogP contribution in [-0.4, -0.2) is 47.0 Å². The molecule has 3 aliphatic heterocycles. The fourth-order valence-electron chi connectivity index (χ4n) is 2.87. The molecule has 3 fully saturated rings. The molecule has 4 heterocycles. The maximum Gasteiger partial charge on any atom is 0.0544 e. The molecule has 86 valence electrons. The van der Waals surface area contributed by atoms with Gasteiger partial charge in [0.25, 0.3) is 0 Å². The van der Waals surface area contributed by atoms with Crippen LogP contribution in [-0.2, 0) is 6.54 Å². The molecule has 3 nitrogen and oxygen atoms in total. The van der Waals surface area contributed by atoms with Crippen molar-refractivity contribution >= 4 is 0 Å². The molecule has 0 spiro atoms. The first kappa shape index (κ1) is 10.2. The van der Waals surface area contributed by atoms with Crippen LogP contribution in [0.25, 0.3) is 0 Å². The zero-order valence-electron chi connectivity index (χ0n) is 9.68. The third kappa shape index (κ3) is 2.11. The van der Waals surface area contributed by atoms with Crippen molar-refractivity contribution in [3.8, 4) is 0 Å². The quantitative estimate of drug-likeness (QED) is 0.745. The van der Waals surface area contributed by atoms with E-state index < -0.39 is 0 Å². The molecular weight excluding hydrogens is 198 g/mol. The molecular formula is C13H19N3. The predicted molar refractivity (Wildman–Crippen MR) is 64.1 cm³/mol. The topological polar surface area (TPSA) is 19.4 Å². The van der Waals surface area contributed by atoms with Gasteiger partial charge < -0.3 is 4.90 Å². The first-order chi connectivity index (χ1) is 7.92. The molecule has 2 bridgehead atoms. The average Bonchev–Trinajstić information content (AvgIpc) is 2.65. The van der Waals surface area contributed by atoms with Crippen LogP contribution in [0.3, 0.4) is 0 Å². The summed E-state index contributed by atoms with van der Waals surface area (Å²) >= 11 is 0. The second kappa shape index (κ2) is 4.52. The molecule has 0 amide bonds. The number of fused-ring (bicyclic) bond motifs is 4. The molecule has 0 N–H and O–H groups in total. The lowest BCUT2D eigenvalue weighted by molar-refractivity contribution is 0.175. The fourth-order valence-corrected chi connectivity index (χ4v) is 2.87. The summed E-state index contributed by atoms with van der Waals surface area (Å²) in [5.41, 5.74) is 1.21. The van der Waals surface area contributed by atoms with Crippen LogP contribution in [0.1, 0.15) is 18.5 Å². The van der Waals surface area contributed by atoms with Gasteiger partial charge in [-0.15, -0.1) is 0 Å². The van der Waals surface area contributed by atoms with Crippen LogP contribution in [0, 0.1) is 0 Å². The molecule has 0 aromatic carbocycles. The number of hydrogen-bond acceptors (Lipinski definition) is 3. The summed E-state index contributed by atoms with van der Waals surface area (Å²) in [5, 5.41) is 0. The Morgan fingerprint density at radius 3 is 2.75 bits per heavy atom. The largest absolute Gasteiger partial charge is 0.302 e. The Hall–Kier alpha value is -0.930. The van der Waals surface area contributed by atoms with E-state index in [4.69, 9.17) is 0 Å². The van der Waals surface area contributed by atoms with Crippen LogP contribution in [0.4, 0.5) is 0 Å². The Morgan fingerprint density at radius 2 is 2.00 bits per heavy atom. The summed E-state index contributed by atoms with van der Waals surface area (Å²) in [7, 11) is 0. The van der Waals surface area contributed by atoms with Gasteiger partial charge in [0, 0.05) is 31.9 Å². The number of rotatable bonds is 2. The highest BCUT2D eigenvalue weighted by Gasteiger charge is 2.28. The summed E-state index contributed by atoms with van der Waals surface area (Å²) in [6, 6.07) is 7.00. The summed E-state index contributed by atoms with van der Waals surface area (Å²) in [5.74, 6) is 0. The van der Waals surface area contributed by atoms with E-state index in [0.29, 0.717) is 0 Å². The van der Waals surface area contributed by atoms with Crippen molar-refractivity contribution in [2.24, 2.45) is 0 Å². The minimum absolute atomic E-state index is 0.792. The minimum atomic E-state index is 0.792. The lowest BCUT2D eigenvalue weighted by Gasteiger charge is -2.31. The van der Waals surface area contributed by atoms with Crippen molar-refractivity contribution in [1.82, 2.24) is 14.8 Å². The standard InChI is InChI=1S/C13H19N3/c1-2-6-14-12(3-1)11-16-10-9-15-7-4-13(16)5-8-15/h1-3,6,13H,4-5,7-11H2. The van der Waals surface area contributed by atoms with Gasteiger partial charge in [-0.25, -0.2) is 0 Å². The van der Waals surface area contributed by atoms with Gasteiger partial charge in [0.05, 0.1) is 5.69 Å². The monoisotopic (exact) mass is 217 g/mol. The van der Waals surface area contributed by atoms with Crippen LogP contribution < -0.4 is 0 Å². The lowest BCUT2D eigenvalue weighted by atomic mass is 10.1. The molecule has 3 saturated heterocycles. The third-order valence-electron chi connectivity index (χ3n) is 3.87. The molecule has 0 saturated carbocycles. The second-order valence-electron chi connectivity index (χ2n) is 4.86. The van der Waals surface area contributed by atoms with Crippen LogP contribution in [0.5, 0.6) is 0 Å². The first-order valence-electron chi connectivity index (χ1n) is 6.28. The van der Waals surface area contributed by atoms with Crippen LogP contribution >= 0.6 is 0 Å². The van der Waals surface area contributed by atoms with E-state index in [1.165, 1.54) is 44.7 Å². The van der Waals surface area contributed by atoms with E-state index in [-0.39, 0.29) is 0 Å². The molecule has 4 rings (SSSR count). The summed E-state index contributed by atoms with van der Waals surface area (Å²) in [6.45, 7) is 6.07. The SMILES string of the molecule is c1ccc(CN2CCN3CCC2CC3)nc1. The Morgan fingerprint density at radius 1 is 1.12 bits per heavy atom. The van der Waals surface area contributed by atoms with Gasteiger partial charge in [-0.3, -0.25) is 9.88 Å². The molecule has 0 aliphatic carbocycles. The average molecular weight is 217 g/mol. The molecule has 3 heteroatoms. The van der Waals surface area contributed by atoms with Gasteiger partial charge in [0.2, 0.25) is 0 Å². The Balaban J connectivity index is 1.70. The van der Waals surface area contributed by atoms with Crippen molar-refractivity contribution < 1.29 is 0 Å². The highest BCUT2D eigenvalue weighted by molar-refractivity contribution is 5.04. The van der Waals surface area contributed by atoms with E-state index in [0.717, 1.165) is 12.6 Å². The van der Waals surface area contributed by atoms with Crippen molar-refractivity contribution in [1.29, 1.82) is 0 Å². The highest BCUT2D eigenvalue weighted by Crippen LogP contribution is 2.21. The van der Waals surface area contributed by atoms with Crippen molar-refractivity contribution in [3.63, 3.8) is 0 Å². The first-order valence-corrected chi connectivity index (χ1v) is 6.28. The Kier molecular flexibility index (Phi) is 2.89. The van der Waals surface area contributed by atoms with Crippen molar-refractivity contribution in [2.45, 2.75) is 25.4 Å². The van der Waals surface area contributed by atoms with Crippen molar-refractivity contribution in [3.05, 3.63) is 30.1 Å². The van der Waals surface area contributed by atoms with Gasteiger partial charge in [-0.1, -0.05) is 6.07 Å². The number of piperidine rings is 1. The van der Waals surface area contributed by atoms with E-state index in [9.17, 15) is 0 Å².